The Morgan fingerprint density at radius 3 is 2.60 bits per heavy atom. The van der Waals surface area contributed by atoms with Crippen molar-refractivity contribution in [1.82, 2.24) is 5.32 Å². The van der Waals surface area contributed by atoms with Gasteiger partial charge in [0.25, 0.3) is 0 Å². The molecule has 3 heteroatoms. The van der Waals surface area contributed by atoms with E-state index in [-0.39, 0.29) is 0 Å². The quantitative estimate of drug-likeness (QED) is 0.706. The van der Waals surface area contributed by atoms with E-state index in [9.17, 15) is 5.11 Å². The fraction of sp³-hybridized carbons (Fsp3) is 1.00. The first-order valence-electron chi connectivity index (χ1n) is 6.05. The molecule has 0 aliphatic carbocycles. The molecule has 1 heterocycles. The van der Waals surface area contributed by atoms with E-state index >= 15 is 0 Å². The van der Waals surface area contributed by atoms with E-state index in [0.717, 1.165) is 12.3 Å². The highest BCUT2D eigenvalue weighted by Gasteiger charge is 2.31. The van der Waals surface area contributed by atoms with Crippen molar-refractivity contribution in [1.29, 1.82) is 0 Å². The average Bonchev–Trinajstić information content (AvgIpc) is 2.60. The molecule has 0 aromatic rings. The molecule has 1 fully saturated rings. The number of nitrogens with one attached hydrogen (secondary N) is 1. The van der Waals surface area contributed by atoms with E-state index in [2.05, 4.69) is 26.1 Å². The van der Waals surface area contributed by atoms with E-state index in [0.29, 0.717) is 25.8 Å². The lowest BCUT2D eigenvalue weighted by Gasteiger charge is -2.24. The molecule has 0 bridgehead atoms. The van der Waals surface area contributed by atoms with E-state index in [1.165, 1.54) is 12.8 Å². The normalized spacial score (nSPS) is 28.6. The summed E-state index contributed by atoms with van der Waals surface area (Å²) in [7, 11) is 0. The van der Waals surface area contributed by atoms with Gasteiger partial charge in [0.2, 0.25) is 0 Å². The number of hydrogen-bond acceptors (Lipinski definition) is 3. The van der Waals surface area contributed by atoms with Gasteiger partial charge in [-0.25, -0.2) is 0 Å². The summed E-state index contributed by atoms with van der Waals surface area (Å²) in [6.07, 6.45) is 3.18. The largest absolute Gasteiger partial charge is 0.386 e. The number of rotatable bonds is 6. The van der Waals surface area contributed by atoms with E-state index in [1.54, 1.807) is 0 Å². The summed E-state index contributed by atoms with van der Waals surface area (Å²) in [6.45, 7) is 8.50. The lowest BCUT2D eigenvalue weighted by atomic mass is 10.0. The summed E-state index contributed by atoms with van der Waals surface area (Å²) in [5.41, 5.74) is -0.619. The van der Waals surface area contributed by atoms with Crippen LogP contribution in [0.3, 0.4) is 0 Å². The highest BCUT2D eigenvalue weighted by Crippen LogP contribution is 2.17. The molecule has 0 aromatic carbocycles. The van der Waals surface area contributed by atoms with Crippen LogP contribution in [0.1, 0.15) is 40.0 Å². The van der Waals surface area contributed by atoms with Crippen LogP contribution in [-0.2, 0) is 4.74 Å². The van der Waals surface area contributed by atoms with Crippen LogP contribution in [-0.4, -0.2) is 36.5 Å². The van der Waals surface area contributed by atoms with Gasteiger partial charge in [0.1, 0.15) is 5.60 Å². The summed E-state index contributed by atoms with van der Waals surface area (Å²) < 4.78 is 5.20. The molecule has 0 radical (unpaired) electrons. The van der Waals surface area contributed by atoms with Gasteiger partial charge in [-0.2, -0.15) is 0 Å². The van der Waals surface area contributed by atoms with Crippen molar-refractivity contribution in [2.45, 2.75) is 51.7 Å². The highest BCUT2D eigenvalue weighted by atomic mass is 16.5. The first kappa shape index (κ1) is 12.9. The van der Waals surface area contributed by atoms with E-state index in [4.69, 9.17) is 4.74 Å². The van der Waals surface area contributed by atoms with Crippen LogP contribution < -0.4 is 5.32 Å². The molecule has 0 aromatic heterocycles. The Balaban J connectivity index is 2.13. The monoisotopic (exact) mass is 215 g/mol. The topological polar surface area (TPSA) is 41.5 Å². The van der Waals surface area contributed by atoms with E-state index < -0.39 is 5.60 Å². The highest BCUT2D eigenvalue weighted by molar-refractivity contribution is 4.85. The minimum atomic E-state index is -0.619. The maximum atomic E-state index is 10.0. The molecule has 1 saturated heterocycles. The summed E-state index contributed by atoms with van der Waals surface area (Å²) in [5, 5.41) is 13.4. The molecular weight excluding hydrogens is 190 g/mol. The summed E-state index contributed by atoms with van der Waals surface area (Å²) in [4.78, 5) is 0. The number of hydrogen-bond donors (Lipinski definition) is 2. The molecule has 0 spiro atoms. The smallest absolute Gasteiger partial charge is 0.102 e. The lowest BCUT2D eigenvalue weighted by Crippen LogP contribution is -2.44. The van der Waals surface area contributed by atoms with Gasteiger partial charge < -0.3 is 15.2 Å². The van der Waals surface area contributed by atoms with Gasteiger partial charge in [0.15, 0.2) is 0 Å². The van der Waals surface area contributed by atoms with Crippen molar-refractivity contribution in [3.05, 3.63) is 0 Å². The van der Waals surface area contributed by atoms with Gasteiger partial charge in [-0.05, 0) is 25.7 Å². The Morgan fingerprint density at radius 2 is 2.07 bits per heavy atom. The fourth-order valence-electron chi connectivity index (χ4n) is 1.79. The molecule has 2 unspecified atom stereocenters. The number of ether oxygens (including phenoxy) is 1. The molecule has 1 aliphatic rings. The third-order valence-corrected chi connectivity index (χ3v) is 3.04. The van der Waals surface area contributed by atoms with Crippen molar-refractivity contribution >= 4 is 0 Å². The molecule has 1 aliphatic heterocycles. The van der Waals surface area contributed by atoms with Crippen LogP contribution in [0.2, 0.25) is 0 Å². The standard InChI is InChI=1S/C12H25NO2/c1-10(2)4-5-11(3)13-8-12(14)6-7-15-9-12/h10-11,13-14H,4-9H2,1-3H3. The van der Waals surface area contributed by atoms with Crippen LogP contribution >= 0.6 is 0 Å². The SMILES string of the molecule is CC(C)CCC(C)NCC1(O)CCOC1. The van der Waals surface area contributed by atoms with Crippen molar-refractivity contribution in [2.24, 2.45) is 5.92 Å². The van der Waals surface area contributed by atoms with Crippen LogP contribution in [0.4, 0.5) is 0 Å². The molecule has 3 nitrogen and oxygen atoms in total. The van der Waals surface area contributed by atoms with Gasteiger partial charge in [-0.3, -0.25) is 0 Å². The third-order valence-electron chi connectivity index (χ3n) is 3.04. The zero-order valence-corrected chi connectivity index (χ0v) is 10.3. The second-order valence-corrected chi connectivity index (χ2v) is 5.28. The maximum absolute atomic E-state index is 10.0. The molecule has 0 amide bonds. The van der Waals surface area contributed by atoms with Crippen molar-refractivity contribution in [2.75, 3.05) is 19.8 Å². The van der Waals surface area contributed by atoms with Crippen molar-refractivity contribution in [3.63, 3.8) is 0 Å². The van der Waals surface area contributed by atoms with E-state index in [1.807, 2.05) is 0 Å². The predicted octanol–water partition coefficient (Wildman–Crippen LogP) is 1.55. The third kappa shape index (κ3) is 4.96. The molecule has 15 heavy (non-hydrogen) atoms. The van der Waals surface area contributed by atoms with Crippen molar-refractivity contribution < 1.29 is 9.84 Å². The first-order valence-corrected chi connectivity index (χ1v) is 6.05. The second-order valence-electron chi connectivity index (χ2n) is 5.28. The second kappa shape index (κ2) is 5.83. The zero-order chi connectivity index (χ0) is 11.3. The minimum absolute atomic E-state index is 0.483. The van der Waals surface area contributed by atoms with Gasteiger partial charge in [-0.1, -0.05) is 13.8 Å². The number of aliphatic hydroxyl groups is 1. The molecule has 2 N–H and O–H groups in total. The minimum Gasteiger partial charge on any atom is -0.386 e. The van der Waals surface area contributed by atoms with Crippen LogP contribution in [0.15, 0.2) is 0 Å². The Morgan fingerprint density at radius 1 is 1.33 bits per heavy atom. The Kier molecular flexibility index (Phi) is 5.03. The molecule has 2 atom stereocenters. The fourth-order valence-corrected chi connectivity index (χ4v) is 1.79. The van der Waals surface area contributed by atoms with Crippen LogP contribution in [0, 0.1) is 5.92 Å². The summed E-state index contributed by atoms with van der Waals surface area (Å²) in [5.74, 6) is 0.757. The van der Waals surface area contributed by atoms with Gasteiger partial charge >= 0.3 is 0 Å². The molecule has 0 saturated carbocycles. The lowest BCUT2D eigenvalue weighted by molar-refractivity contribution is 0.0249. The molecule has 90 valence electrons. The zero-order valence-electron chi connectivity index (χ0n) is 10.3. The van der Waals surface area contributed by atoms with Gasteiger partial charge in [0.05, 0.1) is 6.61 Å². The Labute approximate surface area is 93.2 Å². The van der Waals surface area contributed by atoms with Crippen LogP contribution in [0.25, 0.3) is 0 Å². The van der Waals surface area contributed by atoms with Gasteiger partial charge in [0, 0.05) is 25.6 Å². The molecular formula is C12H25NO2. The Bertz CT molecular complexity index is 176. The Hall–Kier alpha value is -0.120. The summed E-state index contributed by atoms with van der Waals surface area (Å²) >= 11 is 0. The molecule has 1 rings (SSSR count). The maximum Gasteiger partial charge on any atom is 0.102 e. The van der Waals surface area contributed by atoms with Crippen LogP contribution in [0.5, 0.6) is 0 Å². The summed E-state index contributed by atoms with van der Waals surface area (Å²) in [6, 6.07) is 0.483. The van der Waals surface area contributed by atoms with Crippen molar-refractivity contribution in [3.8, 4) is 0 Å². The van der Waals surface area contributed by atoms with Gasteiger partial charge in [-0.15, -0.1) is 0 Å². The average molecular weight is 215 g/mol. The first-order chi connectivity index (χ1) is 7.02. The predicted molar refractivity (Wildman–Crippen MR) is 61.9 cm³/mol.